The average Bonchev–Trinajstić information content (AvgIpc) is 2.46. The van der Waals surface area contributed by atoms with Crippen molar-refractivity contribution >= 4 is 0 Å². The third kappa shape index (κ3) is 1.87. The second-order valence-electron chi connectivity index (χ2n) is 4.11. The molecule has 2 rings (SSSR count). The topological polar surface area (TPSA) is 29.9 Å². The molecule has 1 N–H and O–H groups in total. The molecule has 1 aliphatic heterocycles. The molecule has 1 aliphatic rings. The fourth-order valence-corrected chi connectivity index (χ4v) is 1.60. The van der Waals surface area contributed by atoms with Crippen molar-refractivity contribution in [1.82, 2.24) is 14.9 Å². The molecule has 0 atom stereocenters. The number of allylic oxidation sites excluding steroid dienone is 2. The summed E-state index contributed by atoms with van der Waals surface area (Å²) in [5, 5.41) is 3.29. The molecule has 0 aromatic carbocycles. The second-order valence-corrected chi connectivity index (χ2v) is 4.11. The Bertz CT molecular complexity index is 330. The van der Waals surface area contributed by atoms with Gasteiger partial charge < -0.3 is 9.88 Å². The van der Waals surface area contributed by atoms with Crippen molar-refractivity contribution in [3.8, 4) is 0 Å². The van der Waals surface area contributed by atoms with E-state index in [1.807, 2.05) is 12.5 Å². The first-order valence-corrected chi connectivity index (χ1v) is 5.11. The lowest BCUT2D eigenvalue weighted by molar-refractivity contribution is 0.428. The molecular weight excluding hydrogens is 174 g/mol. The second kappa shape index (κ2) is 3.96. The van der Waals surface area contributed by atoms with Gasteiger partial charge in [-0.05, 0) is 13.8 Å². The molecule has 0 radical (unpaired) electrons. The van der Waals surface area contributed by atoms with Gasteiger partial charge in [0, 0.05) is 37.4 Å². The van der Waals surface area contributed by atoms with Crippen LogP contribution in [-0.4, -0.2) is 22.6 Å². The Morgan fingerprint density at radius 3 is 3.00 bits per heavy atom. The van der Waals surface area contributed by atoms with Crippen LogP contribution in [0.25, 0.3) is 0 Å². The Hall–Kier alpha value is -1.09. The van der Waals surface area contributed by atoms with Gasteiger partial charge in [0.05, 0.1) is 6.33 Å². The summed E-state index contributed by atoms with van der Waals surface area (Å²) in [4.78, 5) is 4.21. The first-order valence-electron chi connectivity index (χ1n) is 5.11. The monoisotopic (exact) mass is 191 g/mol. The number of imidazole rings is 1. The molecule has 3 nitrogen and oxygen atoms in total. The maximum Gasteiger partial charge on any atom is 0.0951 e. The largest absolute Gasteiger partial charge is 0.330 e. The van der Waals surface area contributed by atoms with E-state index in [2.05, 4.69) is 34.8 Å². The van der Waals surface area contributed by atoms with Crippen LogP contribution in [0, 0.1) is 0 Å². The predicted octanol–water partition coefficient (Wildman–Crippen LogP) is 1.54. The summed E-state index contributed by atoms with van der Waals surface area (Å²) in [5.41, 5.74) is 2.72. The Kier molecular flexibility index (Phi) is 2.68. The fraction of sp³-hybridized carbons (Fsp3) is 0.545. The van der Waals surface area contributed by atoms with E-state index >= 15 is 0 Å². The molecule has 1 fully saturated rings. The SMILES string of the molecule is CC(C)=CCn1cncc1C1CNC1. The van der Waals surface area contributed by atoms with E-state index < -0.39 is 0 Å². The van der Waals surface area contributed by atoms with Crippen molar-refractivity contribution in [3.05, 3.63) is 29.9 Å². The first kappa shape index (κ1) is 9.46. The maximum atomic E-state index is 4.21. The minimum Gasteiger partial charge on any atom is -0.330 e. The molecule has 0 aliphatic carbocycles. The average molecular weight is 191 g/mol. The molecule has 2 heterocycles. The summed E-state index contributed by atoms with van der Waals surface area (Å²) >= 11 is 0. The third-order valence-corrected chi connectivity index (χ3v) is 2.64. The van der Waals surface area contributed by atoms with Gasteiger partial charge in [-0.3, -0.25) is 0 Å². The van der Waals surface area contributed by atoms with E-state index in [4.69, 9.17) is 0 Å². The molecule has 1 aromatic rings. The summed E-state index contributed by atoms with van der Waals surface area (Å²) in [6.45, 7) is 7.40. The van der Waals surface area contributed by atoms with Crippen LogP contribution in [-0.2, 0) is 6.54 Å². The standard InChI is InChI=1S/C11H17N3/c1-9(2)3-4-14-8-13-7-11(14)10-5-12-6-10/h3,7-8,10,12H,4-6H2,1-2H3. The number of nitrogens with zero attached hydrogens (tertiary/aromatic N) is 2. The van der Waals surface area contributed by atoms with E-state index in [0.717, 1.165) is 19.6 Å². The van der Waals surface area contributed by atoms with Crippen molar-refractivity contribution in [3.63, 3.8) is 0 Å². The van der Waals surface area contributed by atoms with E-state index in [9.17, 15) is 0 Å². The normalized spacial score (nSPS) is 16.4. The third-order valence-electron chi connectivity index (χ3n) is 2.64. The van der Waals surface area contributed by atoms with Crippen molar-refractivity contribution in [1.29, 1.82) is 0 Å². The molecule has 76 valence electrons. The van der Waals surface area contributed by atoms with Crippen LogP contribution in [0.1, 0.15) is 25.5 Å². The number of aromatic nitrogens is 2. The quantitative estimate of drug-likeness (QED) is 0.734. The van der Waals surface area contributed by atoms with Crippen LogP contribution in [0.2, 0.25) is 0 Å². The van der Waals surface area contributed by atoms with Gasteiger partial charge in [-0.2, -0.15) is 0 Å². The summed E-state index contributed by atoms with van der Waals surface area (Å²) in [5.74, 6) is 0.670. The Morgan fingerprint density at radius 2 is 2.43 bits per heavy atom. The van der Waals surface area contributed by atoms with Crippen LogP contribution in [0.3, 0.4) is 0 Å². The highest BCUT2D eigenvalue weighted by Gasteiger charge is 2.21. The summed E-state index contributed by atoms with van der Waals surface area (Å²) < 4.78 is 2.23. The van der Waals surface area contributed by atoms with Crippen LogP contribution in [0.4, 0.5) is 0 Å². The molecule has 1 aromatic heterocycles. The molecule has 1 saturated heterocycles. The van der Waals surface area contributed by atoms with Gasteiger partial charge in [0.25, 0.3) is 0 Å². The van der Waals surface area contributed by atoms with Crippen molar-refractivity contribution in [2.45, 2.75) is 26.3 Å². The predicted molar refractivity (Wildman–Crippen MR) is 57.3 cm³/mol. The Balaban J connectivity index is 2.09. The van der Waals surface area contributed by atoms with Gasteiger partial charge in [-0.25, -0.2) is 4.98 Å². The van der Waals surface area contributed by atoms with Crippen LogP contribution < -0.4 is 5.32 Å². The molecule has 0 amide bonds. The molecule has 0 bridgehead atoms. The van der Waals surface area contributed by atoms with E-state index in [-0.39, 0.29) is 0 Å². The van der Waals surface area contributed by atoms with Crippen LogP contribution in [0.15, 0.2) is 24.2 Å². The van der Waals surface area contributed by atoms with Gasteiger partial charge >= 0.3 is 0 Å². The highest BCUT2D eigenvalue weighted by atomic mass is 15.1. The molecule has 14 heavy (non-hydrogen) atoms. The zero-order chi connectivity index (χ0) is 9.97. The molecule has 0 saturated carbocycles. The number of nitrogens with one attached hydrogen (secondary N) is 1. The summed E-state index contributed by atoms with van der Waals surface area (Å²) in [6, 6.07) is 0. The highest BCUT2D eigenvalue weighted by Crippen LogP contribution is 2.19. The van der Waals surface area contributed by atoms with Crippen molar-refractivity contribution < 1.29 is 0 Å². The maximum absolute atomic E-state index is 4.21. The number of rotatable bonds is 3. The summed E-state index contributed by atoms with van der Waals surface area (Å²) in [6.07, 6.45) is 6.15. The lowest BCUT2D eigenvalue weighted by Gasteiger charge is -2.27. The van der Waals surface area contributed by atoms with Gasteiger partial charge in [0.1, 0.15) is 0 Å². The lowest BCUT2D eigenvalue weighted by atomic mass is 10.00. The Morgan fingerprint density at radius 1 is 1.64 bits per heavy atom. The van der Waals surface area contributed by atoms with Gasteiger partial charge in [0.2, 0.25) is 0 Å². The smallest absolute Gasteiger partial charge is 0.0951 e. The molecular formula is C11H17N3. The number of hydrogen-bond donors (Lipinski definition) is 1. The van der Waals surface area contributed by atoms with E-state index in [0.29, 0.717) is 5.92 Å². The molecule has 3 heteroatoms. The van der Waals surface area contributed by atoms with Gasteiger partial charge in [0.15, 0.2) is 0 Å². The van der Waals surface area contributed by atoms with Crippen molar-refractivity contribution in [2.75, 3.05) is 13.1 Å². The molecule has 0 unspecified atom stereocenters. The van der Waals surface area contributed by atoms with Gasteiger partial charge in [-0.1, -0.05) is 11.6 Å². The van der Waals surface area contributed by atoms with Crippen LogP contribution >= 0.6 is 0 Å². The van der Waals surface area contributed by atoms with E-state index in [1.165, 1.54) is 11.3 Å². The lowest BCUT2D eigenvalue weighted by Crippen LogP contribution is -2.40. The minimum absolute atomic E-state index is 0.670. The molecule has 0 spiro atoms. The van der Waals surface area contributed by atoms with E-state index in [1.54, 1.807) is 0 Å². The zero-order valence-corrected chi connectivity index (χ0v) is 8.83. The van der Waals surface area contributed by atoms with Crippen molar-refractivity contribution in [2.24, 2.45) is 0 Å². The Labute approximate surface area is 84.8 Å². The zero-order valence-electron chi connectivity index (χ0n) is 8.83. The fourth-order valence-electron chi connectivity index (χ4n) is 1.60. The minimum atomic E-state index is 0.670. The van der Waals surface area contributed by atoms with Gasteiger partial charge in [-0.15, -0.1) is 0 Å². The summed E-state index contributed by atoms with van der Waals surface area (Å²) in [7, 11) is 0. The number of hydrogen-bond acceptors (Lipinski definition) is 2. The highest BCUT2D eigenvalue weighted by molar-refractivity contribution is 5.12. The first-order chi connectivity index (χ1) is 6.77. The van der Waals surface area contributed by atoms with Crippen LogP contribution in [0.5, 0.6) is 0 Å².